The largest absolute Gasteiger partial charge is 0.416 e. The molecule has 0 aliphatic heterocycles. The Kier molecular flexibility index (Phi) is 6.41. The Balaban J connectivity index is 1.56. The van der Waals surface area contributed by atoms with Crippen molar-refractivity contribution in [1.82, 2.24) is 4.98 Å². The molecule has 11 heteroatoms. The van der Waals surface area contributed by atoms with E-state index in [4.69, 9.17) is 16.7 Å². The Morgan fingerprint density at radius 1 is 0.974 bits per heavy atom. The molecule has 2 aromatic heterocycles. The maximum absolute atomic E-state index is 14.5. The third-order valence-electron chi connectivity index (χ3n) is 6.12. The molecular formula is C28H17F4N5OS. The average Bonchev–Trinajstić information content (AvgIpc) is 3.36. The van der Waals surface area contributed by atoms with Gasteiger partial charge in [-0.3, -0.25) is 4.90 Å². The van der Waals surface area contributed by atoms with Crippen molar-refractivity contribution in [3.8, 4) is 28.3 Å². The minimum absolute atomic E-state index is 0.0772. The predicted octanol–water partition coefficient (Wildman–Crippen LogP) is 7.46. The molecule has 194 valence electrons. The van der Waals surface area contributed by atoms with Gasteiger partial charge in [-0.05, 0) is 59.0 Å². The van der Waals surface area contributed by atoms with Crippen molar-refractivity contribution in [3.05, 3.63) is 95.3 Å². The number of thiophene rings is 1. The number of nitrogens with two attached hydrogens (primary N) is 2. The van der Waals surface area contributed by atoms with Crippen LogP contribution in [-0.2, 0) is 6.18 Å². The van der Waals surface area contributed by atoms with E-state index in [1.165, 1.54) is 23.5 Å². The Bertz CT molecular complexity index is 1760. The molecule has 0 atom stereocenters. The van der Waals surface area contributed by atoms with Crippen LogP contribution in [-0.4, -0.2) is 11.0 Å². The number of primary amides is 1. The van der Waals surface area contributed by atoms with E-state index < -0.39 is 29.3 Å². The second kappa shape index (κ2) is 9.74. The van der Waals surface area contributed by atoms with E-state index in [-0.39, 0.29) is 5.69 Å². The zero-order valence-electron chi connectivity index (χ0n) is 19.8. The van der Waals surface area contributed by atoms with Crippen molar-refractivity contribution < 1.29 is 22.4 Å². The fraction of sp³-hybridized carbons (Fsp3) is 0.0357. The standard InChI is InChI=1S/C28H17F4N5OS/c29-22-10-7-18(28(30,31)32)11-23(22)37(27(35)38)19-8-5-17(6-9-19)21-14-39-25-20(13-36-26(34)24(21)25)16-3-1-15(12-33)2-4-16/h1-11,13-14H,(H2,34,36)(H2,35,38). The summed E-state index contributed by atoms with van der Waals surface area (Å²) in [5.41, 5.74) is 13.7. The zero-order valence-corrected chi connectivity index (χ0v) is 20.6. The smallest absolute Gasteiger partial charge is 0.383 e. The summed E-state index contributed by atoms with van der Waals surface area (Å²) in [6.45, 7) is 0. The molecule has 0 fully saturated rings. The number of halogens is 4. The van der Waals surface area contributed by atoms with E-state index in [1.54, 1.807) is 30.5 Å². The number of aromatic nitrogens is 1. The first kappa shape index (κ1) is 25.7. The first-order valence-electron chi connectivity index (χ1n) is 11.3. The second-order valence-corrected chi connectivity index (χ2v) is 9.36. The summed E-state index contributed by atoms with van der Waals surface area (Å²) in [5, 5.41) is 11.7. The van der Waals surface area contributed by atoms with E-state index in [9.17, 15) is 22.4 Å². The Labute approximate surface area is 223 Å². The molecule has 4 N–H and O–H groups in total. The van der Waals surface area contributed by atoms with Crippen molar-refractivity contribution in [1.29, 1.82) is 5.26 Å². The van der Waals surface area contributed by atoms with Gasteiger partial charge in [-0.25, -0.2) is 14.2 Å². The molecule has 0 aliphatic carbocycles. The molecule has 5 rings (SSSR count). The highest BCUT2D eigenvalue weighted by atomic mass is 32.1. The number of urea groups is 1. The molecule has 39 heavy (non-hydrogen) atoms. The summed E-state index contributed by atoms with van der Waals surface area (Å²) < 4.78 is 55.1. The van der Waals surface area contributed by atoms with Gasteiger partial charge in [0.05, 0.1) is 28.6 Å². The number of nitriles is 1. The van der Waals surface area contributed by atoms with Crippen LogP contribution < -0.4 is 16.4 Å². The van der Waals surface area contributed by atoms with Crippen LogP contribution in [0.15, 0.2) is 78.3 Å². The van der Waals surface area contributed by atoms with Gasteiger partial charge < -0.3 is 11.5 Å². The number of fused-ring (bicyclic) bond motifs is 1. The number of benzene rings is 3. The maximum Gasteiger partial charge on any atom is 0.416 e. The van der Waals surface area contributed by atoms with Crippen molar-refractivity contribution in [3.63, 3.8) is 0 Å². The van der Waals surface area contributed by atoms with Gasteiger partial charge in [0, 0.05) is 27.4 Å². The lowest BCUT2D eigenvalue weighted by Crippen LogP contribution is -2.32. The third kappa shape index (κ3) is 4.73. The van der Waals surface area contributed by atoms with Crippen molar-refractivity contribution in [2.75, 3.05) is 10.6 Å². The lowest BCUT2D eigenvalue weighted by molar-refractivity contribution is -0.137. The van der Waals surface area contributed by atoms with Crippen LogP contribution in [0.3, 0.4) is 0 Å². The molecule has 0 aliphatic rings. The fourth-order valence-electron chi connectivity index (χ4n) is 4.25. The number of carbonyl (C=O) groups is 1. The average molecular weight is 548 g/mol. The second-order valence-electron chi connectivity index (χ2n) is 8.48. The maximum atomic E-state index is 14.5. The molecule has 0 unspecified atom stereocenters. The molecule has 0 saturated carbocycles. The predicted molar refractivity (Wildman–Crippen MR) is 143 cm³/mol. The van der Waals surface area contributed by atoms with Gasteiger partial charge >= 0.3 is 12.2 Å². The number of amides is 2. The summed E-state index contributed by atoms with van der Waals surface area (Å²) in [7, 11) is 0. The van der Waals surface area contributed by atoms with Gasteiger partial charge in [0.25, 0.3) is 0 Å². The third-order valence-corrected chi connectivity index (χ3v) is 7.13. The summed E-state index contributed by atoms with van der Waals surface area (Å²) in [6.07, 6.45) is -3.07. The highest BCUT2D eigenvalue weighted by Crippen LogP contribution is 2.42. The number of rotatable bonds is 4. The van der Waals surface area contributed by atoms with Crippen LogP contribution >= 0.6 is 11.3 Å². The van der Waals surface area contributed by atoms with E-state index >= 15 is 0 Å². The number of pyridine rings is 1. The van der Waals surface area contributed by atoms with Gasteiger partial charge in [-0.15, -0.1) is 11.3 Å². The highest BCUT2D eigenvalue weighted by molar-refractivity contribution is 7.18. The van der Waals surface area contributed by atoms with Crippen molar-refractivity contribution >= 4 is 44.6 Å². The minimum atomic E-state index is -4.74. The molecule has 5 aromatic rings. The van der Waals surface area contributed by atoms with Crippen LogP contribution in [0.4, 0.5) is 39.5 Å². The van der Waals surface area contributed by atoms with E-state index in [2.05, 4.69) is 11.1 Å². The van der Waals surface area contributed by atoms with E-state index in [1.807, 2.05) is 17.5 Å². The molecule has 0 spiro atoms. The number of nitrogen functional groups attached to an aromatic ring is 1. The quantitative estimate of drug-likeness (QED) is 0.228. The Hall–Kier alpha value is -4.95. The van der Waals surface area contributed by atoms with Crippen LogP contribution in [0.1, 0.15) is 11.1 Å². The van der Waals surface area contributed by atoms with E-state index in [0.29, 0.717) is 45.4 Å². The van der Waals surface area contributed by atoms with Gasteiger partial charge in [-0.1, -0.05) is 24.3 Å². The summed E-state index contributed by atoms with van der Waals surface area (Å²) >= 11 is 1.45. The normalized spacial score (nSPS) is 11.4. The van der Waals surface area contributed by atoms with Gasteiger partial charge in [0.1, 0.15) is 11.6 Å². The lowest BCUT2D eigenvalue weighted by atomic mass is 10.0. The van der Waals surface area contributed by atoms with Crippen LogP contribution in [0.25, 0.3) is 32.3 Å². The zero-order chi connectivity index (χ0) is 27.9. The number of carbonyl (C=O) groups excluding carboxylic acids is 1. The molecule has 6 nitrogen and oxygen atoms in total. The van der Waals surface area contributed by atoms with E-state index in [0.717, 1.165) is 21.4 Å². The van der Waals surface area contributed by atoms with Crippen LogP contribution in [0.2, 0.25) is 0 Å². The highest BCUT2D eigenvalue weighted by Gasteiger charge is 2.32. The molecule has 2 amide bonds. The molecule has 0 radical (unpaired) electrons. The Morgan fingerprint density at radius 3 is 2.23 bits per heavy atom. The summed E-state index contributed by atoms with van der Waals surface area (Å²) in [4.78, 5) is 17.2. The summed E-state index contributed by atoms with van der Waals surface area (Å²) in [6, 6.07) is 15.9. The van der Waals surface area contributed by atoms with Gasteiger partial charge in [0.2, 0.25) is 0 Å². The minimum Gasteiger partial charge on any atom is -0.383 e. The first-order valence-corrected chi connectivity index (χ1v) is 12.2. The Morgan fingerprint density at radius 2 is 1.62 bits per heavy atom. The van der Waals surface area contributed by atoms with Gasteiger partial charge in [0.15, 0.2) is 0 Å². The lowest BCUT2D eigenvalue weighted by Gasteiger charge is -2.22. The SMILES string of the molecule is N#Cc1ccc(-c2cnc(N)c3c(-c4ccc(N(C(N)=O)c5cc(C(F)(F)F)ccc5F)cc4)csc23)cc1. The van der Waals surface area contributed by atoms with Crippen LogP contribution in [0, 0.1) is 17.1 Å². The van der Waals surface area contributed by atoms with Crippen molar-refractivity contribution in [2.24, 2.45) is 5.73 Å². The number of hydrogen-bond donors (Lipinski definition) is 2. The molecule has 0 bridgehead atoms. The number of hydrogen-bond acceptors (Lipinski definition) is 5. The monoisotopic (exact) mass is 547 g/mol. The number of anilines is 3. The molecule has 3 aromatic carbocycles. The topological polar surface area (TPSA) is 109 Å². The molecule has 0 saturated heterocycles. The number of alkyl halides is 3. The van der Waals surface area contributed by atoms with Crippen LogP contribution in [0.5, 0.6) is 0 Å². The molecule has 2 heterocycles. The molecular weight excluding hydrogens is 530 g/mol. The van der Waals surface area contributed by atoms with Crippen molar-refractivity contribution in [2.45, 2.75) is 6.18 Å². The van der Waals surface area contributed by atoms with Gasteiger partial charge in [-0.2, -0.15) is 18.4 Å². The number of nitrogens with zero attached hydrogens (tertiary/aromatic N) is 3. The first-order chi connectivity index (χ1) is 18.6. The fourth-order valence-corrected chi connectivity index (χ4v) is 5.37. The summed E-state index contributed by atoms with van der Waals surface area (Å²) in [5.74, 6) is -0.739.